The van der Waals surface area contributed by atoms with Gasteiger partial charge in [-0.05, 0) is 41.2 Å². The third-order valence-electron chi connectivity index (χ3n) is 4.66. The van der Waals surface area contributed by atoms with Crippen LogP contribution in [0, 0.1) is 0 Å². The third kappa shape index (κ3) is 2.30. The molecule has 0 amide bonds. The van der Waals surface area contributed by atoms with Crippen LogP contribution in [0.5, 0.6) is 0 Å². The highest BCUT2D eigenvalue weighted by molar-refractivity contribution is 5.86. The number of nitrogens with one attached hydrogen (secondary N) is 1. The number of rotatable bonds is 3. The minimum Gasteiger partial charge on any atom is -0.278 e. The summed E-state index contributed by atoms with van der Waals surface area (Å²) in [4.78, 5) is 0. The van der Waals surface area contributed by atoms with Crippen LogP contribution in [-0.4, -0.2) is 20.0 Å². The first kappa shape index (κ1) is 14.9. The van der Waals surface area contributed by atoms with E-state index in [1.54, 1.807) is 0 Å². The van der Waals surface area contributed by atoms with Gasteiger partial charge in [0.1, 0.15) is 0 Å². The molecule has 0 aliphatic rings. The number of nitrogens with zero attached hydrogens (tertiary/aromatic N) is 3. The zero-order valence-corrected chi connectivity index (χ0v) is 14.5. The van der Waals surface area contributed by atoms with Crippen LogP contribution in [0.3, 0.4) is 0 Å². The minimum absolute atomic E-state index is 0.420. The summed E-state index contributed by atoms with van der Waals surface area (Å²) >= 11 is 0. The molecule has 0 aliphatic carbocycles. The number of benzene rings is 2. The average molecular weight is 318 g/mol. The van der Waals surface area contributed by atoms with Crippen molar-refractivity contribution in [1.29, 1.82) is 0 Å². The van der Waals surface area contributed by atoms with Gasteiger partial charge in [0.2, 0.25) is 0 Å². The number of fused-ring (bicyclic) bond motifs is 2. The number of H-pyrrole nitrogens is 1. The van der Waals surface area contributed by atoms with Crippen LogP contribution in [-0.2, 0) is 0 Å². The van der Waals surface area contributed by atoms with Crippen molar-refractivity contribution < 1.29 is 0 Å². The molecule has 4 nitrogen and oxygen atoms in total. The van der Waals surface area contributed by atoms with E-state index in [9.17, 15) is 0 Å². The van der Waals surface area contributed by atoms with Gasteiger partial charge in [0.15, 0.2) is 0 Å². The normalized spacial score (nSPS) is 12.1. The highest BCUT2D eigenvalue weighted by atomic mass is 15.3. The molecule has 1 N–H and O–H groups in total. The quantitative estimate of drug-likeness (QED) is 0.568. The van der Waals surface area contributed by atoms with Crippen LogP contribution in [0.25, 0.3) is 27.5 Å². The molecule has 0 saturated heterocycles. The van der Waals surface area contributed by atoms with E-state index >= 15 is 0 Å². The molecule has 4 heteroatoms. The fourth-order valence-corrected chi connectivity index (χ4v) is 3.36. The third-order valence-corrected chi connectivity index (χ3v) is 4.66. The van der Waals surface area contributed by atoms with Gasteiger partial charge >= 0.3 is 0 Å². The SMILES string of the molecule is CC(C)c1cccc2nn(-c3cc(C(C)C)c4[nH]ncc4c3)cc12. The zero-order chi connectivity index (χ0) is 16.8. The molecule has 0 spiro atoms. The Kier molecular flexibility index (Phi) is 3.41. The molecule has 0 aliphatic heterocycles. The van der Waals surface area contributed by atoms with E-state index in [0.29, 0.717) is 11.8 Å². The lowest BCUT2D eigenvalue weighted by atomic mass is 9.99. The van der Waals surface area contributed by atoms with E-state index in [4.69, 9.17) is 5.10 Å². The van der Waals surface area contributed by atoms with Crippen molar-refractivity contribution in [3.8, 4) is 5.69 Å². The summed E-state index contributed by atoms with van der Waals surface area (Å²) in [5, 5.41) is 14.5. The Morgan fingerprint density at radius 3 is 2.54 bits per heavy atom. The Morgan fingerprint density at radius 1 is 1.00 bits per heavy atom. The highest BCUT2D eigenvalue weighted by Crippen LogP contribution is 2.29. The van der Waals surface area contributed by atoms with Crippen LogP contribution in [0.1, 0.15) is 50.7 Å². The average Bonchev–Trinajstić information content (AvgIpc) is 3.19. The first-order valence-electron chi connectivity index (χ1n) is 8.50. The predicted octanol–water partition coefficient (Wildman–Crippen LogP) is 5.15. The van der Waals surface area contributed by atoms with Crippen molar-refractivity contribution in [3.05, 3.63) is 53.9 Å². The van der Waals surface area contributed by atoms with Gasteiger partial charge in [-0.15, -0.1) is 0 Å². The van der Waals surface area contributed by atoms with Crippen LogP contribution in [0.15, 0.2) is 42.7 Å². The first-order chi connectivity index (χ1) is 11.5. The Labute approximate surface area is 141 Å². The molecular weight excluding hydrogens is 296 g/mol. The summed E-state index contributed by atoms with van der Waals surface area (Å²) in [6, 6.07) is 10.7. The molecule has 0 atom stereocenters. The van der Waals surface area contributed by atoms with Gasteiger partial charge in [0, 0.05) is 17.0 Å². The molecule has 2 aromatic heterocycles. The van der Waals surface area contributed by atoms with Crippen LogP contribution >= 0.6 is 0 Å². The van der Waals surface area contributed by atoms with Crippen molar-refractivity contribution in [2.75, 3.05) is 0 Å². The van der Waals surface area contributed by atoms with Gasteiger partial charge in [0.25, 0.3) is 0 Å². The largest absolute Gasteiger partial charge is 0.278 e. The van der Waals surface area contributed by atoms with E-state index in [0.717, 1.165) is 22.1 Å². The van der Waals surface area contributed by atoms with Crippen molar-refractivity contribution in [2.24, 2.45) is 0 Å². The number of hydrogen-bond donors (Lipinski definition) is 1. The maximum absolute atomic E-state index is 4.80. The molecule has 24 heavy (non-hydrogen) atoms. The molecule has 0 fully saturated rings. The number of aromatic nitrogens is 4. The molecule has 2 aromatic carbocycles. The van der Waals surface area contributed by atoms with E-state index in [1.165, 1.54) is 16.5 Å². The zero-order valence-electron chi connectivity index (χ0n) is 14.5. The molecule has 122 valence electrons. The first-order valence-corrected chi connectivity index (χ1v) is 8.50. The fraction of sp³-hybridized carbons (Fsp3) is 0.300. The molecule has 0 bridgehead atoms. The summed E-state index contributed by atoms with van der Waals surface area (Å²) < 4.78 is 1.99. The second kappa shape index (κ2) is 5.48. The Bertz CT molecular complexity index is 1020. The summed E-state index contributed by atoms with van der Waals surface area (Å²) in [5.41, 5.74) is 5.85. The van der Waals surface area contributed by atoms with E-state index in [1.807, 2.05) is 10.9 Å². The molecule has 4 aromatic rings. The maximum atomic E-state index is 4.80. The fourth-order valence-electron chi connectivity index (χ4n) is 3.36. The molecule has 0 saturated carbocycles. The lowest BCUT2D eigenvalue weighted by molar-refractivity contribution is 0.854. The maximum Gasteiger partial charge on any atom is 0.0930 e. The van der Waals surface area contributed by atoms with Gasteiger partial charge in [0.05, 0.1) is 22.9 Å². The Morgan fingerprint density at radius 2 is 1.79 bits per heavy atom. The molecular formula is C20H22N4. The standard InChI is InChI=1S/C20H22N4/c1-12(2)16-6-5-7-19-18(16)11-24(23-19)15-8-14-10-21-22-20(14)17(9-15)13(3)4/h5-13H,1-4H3,(H,21,22). The van der Waals surface area contributed by atoms with E-state index in [2.05, 4.69) is 74.4 Å². The summed E-state index contributed by atoms with van der Waals surface area (Å²) in [7, 11) is 0. The molecule has 2 heterocycles. The van der Waals surface area contributed by atoms with Crippen LogP contribution < -0.4 is 0 Å². The molecule has 0 unspecified atom stereocenters. The summed E-state index contributed by atoms with van der Waals surface area (Å²) in [6.45, 7) is 8.85. The van der Waals surface area contributed by atoms with Gasteiger partial charge in [-0.25, -0.2) is 4.68 Å². The highest BCUT2D eigenvalue weighted by Gasteiger charge is 2.13. The van der Waals surface area contributed by atoms with E-state index in [-0.39, 0.29) is 0 Å². The van der Waals surface area contributed by atoms with E-state index < -0.39 is 0 Å². The van der Waals surface area contributed by atoms with Crippen molar-refractivity contribution >= 4 is 21.8 Å². The smallest absolute Gasteiger partial charge is 0.0930 e. The number of aromatic amines is 1. The van der Waals surface area contributed by atoms with Gasteiger partial charge in [-0.2, -0.15) is 10.2 Å². The van der Waals surface area contributed by atoms with Crippen LogP contribution in [0.4, 0.5) is 0 Å². The number of hydrogen-bond acceptors (Lipinski definition) is 2. The lowest BCUT2D eigenvalue weighted by Crippen LogP contribution is -1.98. The van der Waals surface area contributed by atoms with Crippen molar-refractivity contribution in [1.82, 2.24) is 20.0 Å². The topological polar surface area (TPSA) is 46.5 Å². The Balaban J connectivity index is 1.94. The summed E-state index contributed by atoms with van der Waals surface area (Å²) in [6.07, 6.45) is 4.03. The predicted molar refractivity (Wildman–Crippen MR) is 98.9 cm³/mol. The monoisotopic (exact) mass is 318 g/mol. The minimum atomic E-state index is 0.420. The molecule has 4 rings (SSSR count). The lowest BCUT2D eigenvalue weighted by Gasteiger charge is -2.10. The Hall–Kier alpha value is -2.62. The van der Waals surface area contributed by atoms with Crippen molar-refractivity contribution in [3.63, 3.8) is 0 Å². The van der Waals surface area contributed by atoms with Crippen molar-refractivity contribution in [2.45, 2.75) is 39.5 Å². The molecule has 0 radical (unpaired) electrons. The summed E-state index contributed by atoms with van der Waals surface area (Å²) in [5.74, 6) is 0.901. The second-order valence-corrected chi connectivity index (χ2v) is 7.03. The van der Waals surface area contributed by atoms with Gasteiger partial charge < -0.3 is 0 Å². The van der Waals surface area contributed by atoms with Crippen LogP contribution in [0.2, 0.25) is 0 Å². The van der Waals surface area contributed by atoms with Gasteiger partial charge in [-0.1, -0.05) is 39.8 Å². The second-order valence-electron chi connectivity index (χ2n) is 7.03. The van der Waals surface area contributed by atoms with Gasteiger partial charge in [-0.3, -0.25) is 5.10 Å².